The van der Waals surface area contributed by atoms with Gasteiger partial charge in [-0.15, -0.1) is 0 Å². The van der Waals surface area contributed by atoms with Gasteiger partial charge in [0.2, 0.25) is 10.0 Å². The molecular formula is C15H15Cl2N3O3S. The maximum atomic E-state index is 12.3. The summed E-state index contributed by atoms with van der Waals surface area (Å²) in [5.74, 6) is 0. The molecule has 2 aromatic rings. The number of aryl methyl sites for hydroxylation is 2. The van der Waals surface area contributed by atoms with Gasteiger partial charge in [0.25, 0.3) is 5.56 Å². The summed E-state index contributed by atoms with van der Waals surface area (Å²) in [6.45, 7) is 0.167. The molecule has 3 rings (SSSR count). The van der Waals surface area contributed by atoms with Crippen molar-refractivity contribution in [1.29, 1.82) is 0 Å². The molecule has 0 saturated heterocycles. The highest BCUT2D eigenvalue weighted by molar-refractivity contribution is 7.89. The third-order valence-corrected chi connectivity index (χ3v) is 6.28. The van der Waals surface area contributed by atoms with Crippen molar-refractivity contribution < 1.29 is 8.42 Å². The number of halogens is 2. The smallest absolute Gasteiger partial charge is 0.267 e. The Morgan fingerprint density at radius 1 is 1.25 bits per heavy atom. The van der Waals surface area contributed by atoms with Gasteiger partial charge < -0.3 is 0 Å². The SMILES string of the molecule is O=c1cc2c(nn1CCNS(=O)(=O)c1cccc(Cl)c1Cl)CCC2. The van der Waals surface area contributed by atoms with E-state index in [2.05, 4.69) is 9.82 Å². The lowest BCUT2D eigenvalue weighted by atomic mass is 10.2. The van der Waals surface area contributed by atoms with E-state index in [0.717, 1.165) is 30.5 Å². The minimum absolute atomic E-state index is 0.0247. The number of hydrogen-bond acceptors (Lipinski definition) is 4. The number of aromatic nitrogens is 2. The van der Waals surface area contributed by atoms with Crippen LogP contribution in [0.2, 0.25) is 10.0 Å². The first-order valence-corrected chi connectivity index (χ1v) is 9.66. The topological polar surface area (TPSA) is 81.1 Å². The van der Waals surface area contributed by atoms with Crippen LogP contribution in [-0.4, -0.2) is 24.7 Å². The summed E-state index contributed by atoms with van der Waals surface area (Å²) in [5.41, 5.74) is 1.67. The average Bonchev–Trinajstić information content (AvgIpc) is 2.97. The quantitative estimate of drug-likeness (QED) is 0.850. The Morgan fingerprint density at radius 3 is 2.83 bits per heavy atom. The molecule has 1 aliphatic rings. The summed E-state index contributed by atoms with van der Waals surface area (Å²) in [4.78, 5) is 11.9. The van der Waals surface area contributed by atoms with Crippen LogP contribution in [0.3, 0.4) is 0 Å². The fourth-order valence-electron chi connectivity index (χ4n) is 2.65. The highest BCUT2D eigenvalue weighted by Crippen LogP contribution is 2.28. The number of sulfonamides is 1. The van der Waals surface area contributed by atoms with Gasteiger partial charge in [0.05, 0.1) is 22.3 Å². The van der Waals surface area contributed by atoms with E-state index in [9.17, 15) is 13.2 Å². The van der Waals surface area contributed by atoms with Crippen molar-refractivity contribution in [2.75, 3.05) is 6.54 Å². The Labute approximate surface area is 149 Å². The van der Waals surface area contributed by atoms with Crippen molar-refractivity contribution in [3.05, 3.63) is 55.9 Å². The highest BCUT2D eigenvalue weighted by Gasteiger charge is 2.19. The van der Waals surface area contributed by atoms with Crippen LogP contribution in [0.25, 0.3) is 0 Å². The lowest BCUT2D eigenvalue weighted by molar-refractivity contribution is 0.542. The fraction of sp³-hybridized carbons (Fsp3) is 0.333. The van der Waals surface area contributed by atoms with E-state index in [1.807, 2.05) is 0 Å². The highest BCUT2D eigenvalue weighted by atomic mass is 35.5. The van der Waals surface area contributed by atoms with Gasteiger partial charge in [-0.05, 0) is 37.0 Å². The zero-order chi connectivity index (χ0) is 17.3. The summed E-state index contributed by atoms with van der Waals surface area (Å²) in [5, 5.41) is 4.43. The lowest BCUT2D eigenvalue weighted by Crippen LogP contribution is -2.32. The van der Waals surface area contributed by atoms with Crippen LogP contribution < -0.4 is 10.3 Å². The molecule has 1 aliphatic carbocycles. The zero-order valence-corrected chi connectivity index (χ0v) is 15.0. The number of fused-ring (bicyclic) bond motifs is 1. The maximum Gasteiger partial charge on any atom is 0.267 e. The number of rotatable bonds is 5. The van der Waals surface area contributed by atoms with Crippen molar-refractivity contribution in [3.8, 4) is 0 Å². The van der Waals surface area contributed by atoms with Crippen molar-refractivity contribution >= 4 is 33.2 Å². The Bertz CT molecular complexity index is 941. The first-order chi connectivity index (χ1) is 11.4. The van der Waals surface area contributed by atoms with Gasteiger partial charge in [-0.1, -0.05) is 29.3 Å². The van der Waals surface area contributed by atoms with Crippen molar-refractivity contribution in [3.63, 3.8) is 0 Å². The van der Waals surface area contributed by atoms with Crippen LogP contribution in [0, 0.1) is 0 Å². The molecule has 1 N–H and O–H groups in total. The fourth-order valence-corrected chi connectivity index (χ4v) is 4.44. The van der Waals surface area contributed by atoms with Crippen molar-refractivity contribution in [1.82, 2.24) is 14.5 Å². The molecule has 1 aromatic carbocycles. The number of benzene rings is 1. The Hall–Kier alpha value is -1.41. The molecule has 1 heterocycles. The molecule has 0 radical (unpaired) electrons. The molecule has 0 saturated carbocycles. The molecule has 9 heteroatoms. The minimum atomic E-state index is -3.82. The van der Waals surface area contributed by atoms with E-state index in [1.165, 1.54) is 22.9 Å². The van der Waals surface area contributed by atoms with Gasteiger partial charge in [0, 0.05) is 12.6 Å². The maximum absolute atomic E-state index is 12.3. The second-order valence-electron chi connectivity index (χ2n) is 5.48. The molecule has 1 aromatic heterocycles. The predicted octanol–water partition coefficient (Wildman–Crippen LogP) is 2.02. The predicted molar refractivity (Wildman–Crippen MR) is 92.2 cm³/mol. The second-order valence-corrected chi connectivity index (χ2v) is 8.00. The summed E-state index contributed by atoms with van der Waals surface area (Å²) >= 11 is 11.8. The van der Waals surface area contributed by atoms with E-state index in [-0.39, 0.29) is 33.6 Å². The zero-order valence-electron chi connectivity index (χ0n) is 12.6. The van der Waals surface area contributed by atoms with Crippen LogP contribution in [-0.2, 0) is 29.4 Å². The summed E-state index contributed by atoms with van der Waals surface area (Å²) < 4.78 is 28.3. The number of nitrogens with one attached hydrogen (secondary N) is 1. The van der Waals surface area contributed by atoms with Crippen LogP contribution >= 0.6 is 23.2 Å². The molecule has 0 fully saturated rings. The van der Waals surface area contributed by atoms with Gasteiger partial charge in [0.15, 0.2) is 0 Å². The summed E-state index contributed by atoms with van der Waals surface area (Å²) in [6.07, 6.45) is 2.71. The third kappa shape index (κ3) is 3.49. The van der Waals surface area contributed by atoms with Gasteiger partial charge in [-0.3, -0.25) is 4.79 Å². The molecule has 0 amide bonds. The van der Waals surface area contributed by atoms with E-state index < -0.39 is 10.0 Å². The van der Waals surface area contributed by atoms with E-state index >= 15 is 0 Å². The molecule has 0 spiro atoms. The molecule has 0 atom stereocenters. The number of nitrogens with zero attached hydrogens (tertiary/aromatic N) is 2. The van der Waals surface area contributed by atoms with Crippen LogP contribution in [0.1, 0.15) is 17.7 Å². The van der Waals surface area contributed by atoms with E-state index in [0.29, 0.717) is 0 Å². The summed E-state index contributed by atoms with van der Waals surface area (Å²) in [7, 11) is -3.82. The van der Waals surface area contributed by atoms with Crippen LogP contribution in [0.4, 0.5) is 0 Å². The molecule has 0 bridgehead atoms. The Kier molecular flexibility index (Phi) is 4.96. The lowest BCUT2D eigenvalue weighted by Gasteiger charge is -2.10. The molecule has 0 unspecified atom stereocenters. The monoisotopic (exact) mass is 387 g/mol. The second kappa shape index (κ2) is 6.84. The van der Waals surface area contributed by atoms with Gasteiger partial charge >= 0.3 is 0 Å². The van der Waals surface area contributed by atoms with Crippen LogP contribution in [0.5, 0.6) is 0 Å². The molecule has 128 valence electrons. The Morgan fingerprint density at radius 2 is 2.04 bits per heavy atom. The first kappa shape index (κ1) is 17.4. The molecule has 0 aliphatic heterocycles. The minimum Gasteiger partial charge on any atom is -0.268 e. The van der Waals surface area contributed by atoms with Gasteiger partial charge in [-0.2, -0.15) is 5.10 Å². The number of hydrogen-bond donors (Lipinski definition) is 1. The van der Waals surface area contributed by atoms with Crippen molar-refractivity contribution in [2.24, 2.45) is 0 Å². The largest absolute Gasteiger partial charge is 0.268 e. The normalized spacial score (nSPS) is 13.9. The van der Waals surface area contributed by atoms with Gasteiger partial charge in [-0.25, -0.2) is 17.8 Å². The third-order valence-electron chi connectivity index (χ3n) is 3.85. The average molecular weight is 388 g/mol. The van der Waals surface area contributed by atoms with E-state index in [4.69, 9.17) is 23.2 Å². The van der Waals surface area contributed by atoms with Crippen LogP contribution in [0.15, 0.2) is 34.0 Å². The molecular weight excluding hydrogens is 373 g/mol. The molecule has 6 nitrogen and oxygen atoms in total. The van der Waals surface area contributed by atoms with E-state index in [1.54, 1.807) is 6.07 Å². The standard InChI is InChI=1S/C15H15Cl2N3O3S/c16-11-4-2-6-13(15(11)17)24(22,23)18-7-8-20-14(21)9-10-3-1-5-12(10)19-20/h2,4,6,9,18H,1,3,5,7-8H2. The van der Waals surface area contributed by atoms with Crippen molar-refractivity contribution in [2.45, 2.75) is 30.7 Å². The van der Waals surface area contributed by atoms with Gasteiger partial charge in [0.1, 0.15) is 4.90 Å². The summed E-state index contributed by atoms with van der Waals surface area (Å²) in [6, 6.07) is 5.97. The molecule has 24 heavy (non-hydrogen) atoms. The first-order valence-electron chi connectivity index (χ1n) is 7.42. The Balaban J connectivity index is 1.72.